The number of hydrogen-bond donors (Lipinski definition) is 1. The van der Waals surface area contributed by atoms with Crippen LogP contribution in [0.2, 0.25) is 0 Å². The van der Waals surface area contributed by atoms with Crippen LogP contribution in [-0.2, 0) is 16.0 Å². The molecule has 0 aliphatic carbocycles. The van der Waals surface area contributed by atoms with E-state index in [9.17, 15) is 26.4 Å². The van der Waals surface area contributed by atoms with Crippen LogP contribution in [0, 0.1) is 0 Å². The Morgan fingerprint density at radius 2 is 1.63 bits per heavy atom. The van der Waals surface area contributed by atoms with Crippen molar-refractivity contribution in [2.75, 3.05) is 11.1 Å². The molecule has 0 aliphatic rings. The number of carbonyl (C=O) groups excluding carboxylic acids is 1. The number of alkyl halides is 3. The maximum Gasteiger partial charge on any atom is 0.417 e. The van der Waals surface area contributed by atoms with E-state index in [0.717, 1.165) is 12.1 Å². The first-order valence-electron chi connectivity index (χ1n) is 8.76. The summed E-state index contributed by atoms with van der Waals surface area (Å²) in [7, 11) is -3.46. The Labute approximate surface area is 170 Å². The van der Waals surface area contributed by atoms with Crippen molar-refractivity contribution < 1.29 is 26.4 Å². The van der Waals surface area contributed by atoms with E-state index in [2.05, 4.69) is 15.5 Å². The quantitative estimate of drug-likeness (QED) is 0.649. The van der Waals surface area contributed by atoms with Crippen LogP contribution in [0.4, 0.5) is 18.9 Å². The fourth-order valence-corrected chi connectivity index (χ4v) is 3.38. The van der Waals surface area contributed by atoms with E-state index in [1.807, 2.05) is 0 Å². The predicted molar refractivity (Wildman–Crippen MR) is 105 cm³/mol. The summed E-state index contributed by atoms with van der Waals surface area (Å²) in [5.74, 6) is -0.975. The third-order valence-corrected chi connectivity index (χ3v) is 5.87. The van der Waals surface area contributed by atoms with Gasteiger partial charge in [-0.2, -0.15) is 13.2 Å². The zero-order valence-corrected chi connectivity index (χ0v) is 16.5. The number of rotatable bonds is 5. The summed E-state index contributed by atoms with van der Waals surface area (Å²) < 4.78 is 62.8. The molecule has 1 N–H and O–H groups in total. The molecule has 0 saturated carbocycles. The number of aromatic nitrogens is 2. The van der Waals surface area contributed by atoms with Crippen LogP contribution in [0.3, 0.4) is 0 Å². The third kappa shape index (κ3) is 4.65. The maximum atomic E-state index is 13.1. The van der Waals surface area contributed by atoms with Crippen LogP contribution in [0.5, 0.6) is 0 Å². The molecule has 0 atom stereocenters. The van der Waals surface area contributed by atoms with Gasteiger partial charge in [0, 0.05) is 11.3 Å². The number of nitrogens with one attached hydrogen (secondary N) is 1. The Balaban J connectivity index is 1.78. The van der Waals surface area contributed by atoms with Gasteiger partial charge in [0.15, 0.2) is 14.9 Å². The summed E-state index contributed by atoms with van der Waals surface area (Å²) in [6.45, 7) is 1.51. The molecule has 0 unspecified atom stereocenters. The van der Waals surface area contributed by atoms with Gasteiger partial charge in [0.05, 0.1) is 22.6 Å². The number of nitrogens with zero attached hydrogens (tertiary/aromatic N) is 2. The molecular weight excluding hydrogens is 419 g/mol. The monoisotopic (exact) mass is 435 g/mol. The summed E-state index contributed by atoms with van der Waals surface area (Å²) in [6.07, 6.45) is -4.64. The van der Waals surface area contributed by atoms with Gasteiger partial charge in [0.1, 0.15) is 0 Å². The van der Waals surface area contributed by atoms with Crippen molar-refractivity contribution in [1.82, 2.24) is 10.2 Å². The van der Waals surface area contributed by atoms with Crippen molar-refractivity contribution in [3.8, 4) is 11.3 Å². The molecule has 30 heavy (non-hydrogen) atoms. The molecule has 0 spiro atoms. The lowest BCUT2D eigenvalue weighted by atomic mass is 10.1. The number of benzene rings is 2. The molecular formula is C20H16F3N3O3S. The normalized spacial score (nSPS) is 11.9. The largest absolute Gasteiger partial charge is 0.417 e. The van der Waals surface area contributed by atoms with Crippen molar-refractivity contribution in [3.05, 3.63) is 71.8 Å². The maximum absolute atomic E-state index is 13.1. The molecule has 0 bridgehead atoms. The molecule has 0 fully saturated rings. The minimum atomic E-state index is -4.64. The molecule has 1 aromatic heterocycles. The molecule has 0 radical (unpaired) electrons. The number of carbonyl (C=O) groups is 1. The summed E-state index contributed by atoms with van der Waals surface area (Å²) in [5, 5.41) is 9.93. The molecule has 156 valence electrons. The molecule has 1 amide bonds. The number of hydrogen-bond acceptors (Lipinski definition) is 5. The number of anilines is 1. The van der Waals surface area contributed by atoms with Crippen molar-refractivity contribution in [2.24, 2.45) is 0 Å². The second-order valence-corrected chi connectivity index (χ2v) is 8.46. The lowest BCUT2D eigenvalue weighted by molar-refractivity contribution is -0.137. The van der Waals surface area contributed by atoms with Gasteiger partial charge < -0.3 is 5.32 Å². The fourth-order valence-electron chi connectivity index (χ4n) is 2.64. The summed E-state index contributed by atoms with van der Waals surface area (Å²) in [4.78, 5) is 12.3. The van der Waals surface area contributed by atoms with Crippen molar-refractivity contribution in [3.63, 3.8) is 0 Å². The smallest absolute Gasteiger partial charge is 0.322 e. The first-order valence-corrected chi connectivity index (χ1v) is 10.4. The van der Waals surface area contributed by atoms with Crippen LogP contribution >= 0.6 is 0 Å². The summed E-state index contributed by atoms with van der Waals surface area (Å²) >= 11 is 0. The van der Waals surface area contributed by atoms with E-state index in [0.29, 0.717) is 16.9 Å². The van der Waals surface area contributed by atoms with E-state index in [1.165, 1.54) is 43.3 Å². The van der Waals surface area contributed by atoms with Crippen molar-refractivity contribution in [1.29, 1.82) is 0 Å². The Morgan fingerprint density at radius 3 is 2.20 bits per heavy atom. The van der Waals surface area contributed by atoms with Gasteiger partial charge in [0.25, 0.3) is 5.91 Å². The lowest BCUT2D eigenvalue weighted by Crippen LogP contribution is -2.18. The van der Waals surface area contributed by atoms with Gasteiger partial charge in [-0.1, -0.05) is 31.2 Å². The van der Waals surface area contributed by atoms with Gasteiger partial charge in [-0.05, 0) is 36.4 Å². The molecule has 0 saturated heterocycles. The SMILES string of the molecule is CCS(=O)(=O)c1ccc(-c2ccc(NC(=O)c3ccccc3C(F)(F)F)cc2)nn1. The first kappa shape index (κ1) is 21.4. The average Bonchev–Trinajstić information content (AvgIpc) is 2.74. The Kier molecular flexibility index (Phi) is 5.88. The third-order valence-electron chi connectivity index (χ3n) is 4.25. The van der Waals surface area contributed by atoms with Gasteiger partial charge in [0.2, 0.25) is 0 Å². The number of halogens is 3. The van der Waals surface area contributed by atoms with Gasteiger partial charge >= 0.3 is 6.18 Å². The molecule has 10 heteroatoms. The second-order valence-electron chi connectivity index (χ2n) is 6.24. The van der Waals surface area contributed by atoms with Crippen LogP contribution in [0.15, 0.2) is 65.7 Å². The highest BCUT2D eigenvalue weighted by atomic mass is 32.2. The topological polar surface area (TPSA) is 89.0 Å². The number of amides is 1. The van der Waals surface area contributed by atoms with Crippen LogP contribution in [0.1, 0.15) is 22.8 Å². The molecule has 0 aliphatic heterocycles. The molecule has 3 rings (SSSR count). The van der Waals surface area contributed by atoms with Crippen LogP contribution in [-0.4, -0.2) is 30.3 Å². The van der Waals surface area contributed by atoms with Crippen LogP contribution < -0.4 is 5.32 Å². The average molecular weight is 435 g/mol. The number of sulfone groups is 1. The van der Waals surface area contributed by atoms with E-state index in [-0.39, 0.29) is 10.8 Å². The highest BCUT2D eigenvalue weighted by Crippen LogP contribution is 2.32. The van der Waals surface area contributed by atoms with E-state index < -0.39 is 33.0 Å². The Hall–Kier alpha value is -3.27. The molecule has 6 nitrogen and oxygen atoms in total. The summed E-state index contributed by atoms with van der Waals surface area (Å²) in [5.41, 5.74) is -0.204. The van der Waals surface area contributed by atoms with Gasteiger partial charge in [-0.15, -0.1) is 10.2 Å². The minimum absolute atomic E-state index is 0.0904. The van der Waals surface area contributed by atoms with E-state index in [4.69, 9.17) is 0 Å². The summed E-state index contributed by atoms with van der Waals surface area (Å²) in [6, 6.07) is 13.6. The zero-order chi connectivity index (χ0) is 21.9. The van der Waals surface area contributed by atoms with Gasteiger partial charge in [-0.25, -0.2) is 8.42 Å². The molecule has 3 aromatic rings. The molecule has 2 aromatic carbocycles. The Bertz CT molecular complexity index is 1160. The first-order chi connectivity index (χ1) is 14.1. The Morgan fingerprint density at radius 1 is 0.967 bits per heavy atom. The predicted octanol–water partition coefficient (Wildman–Crippen LogP) is 4.21. The zero-order valence-electron chi connectivity index (χ0n) is 15.6. The van der Waals surface area contributed by atoms with E-state index >= 15 is 0 Å². The molecule has 1 heterocycles. The van der Waals surface area contributed by atoms with E-state index in [1.54, 1.807) is 12.1 Å². The standard InChI is InChI=1S/C20H16F3N3O3S/c1-2-30(28,29)18-12-11-17(25-26-18)13-7-9-14(10-8-13)24-19(27)15-5-3-4-6-16(15)20(21,22)23/h3-12H,2H2,1H3,(H,24,27). The van der Waals surface area contributed by atoms with Gasteiger partial charge in [-0.3, -0.25) is 4.79 Å². The lowest BCUT2D eigenvalue weighted by Gasteiger charge is -2.13. The van der Waals surface area contributed by atoms with Crippen LogP contribution in [0.25, 0.3) is 11.3 Å². The minimum Gasteiger partial charge on any atom is -0.322 e. The highest BCUT2D eigenvalue weighted by Gasteiger charge is 2.34. The second kappa shape index (κ2) is 8.23. The van der Waals surface area contributed by atoms with Crippen molar-refractivity contribution in [2.45, 2.75) is 18.1 Å². The highest BCUT2D eigenvalue weighted by molar-refractivity contribution is 7.91. The fraction of sp³-hybridized carbons (Fsp3) is 0.150. The van der Waals surface area contributed by atoms with Crippen molar-refractivity contribution >= 4 is 21.4 Å².